The SMILES string of the molecule is CN[C@H]1CCc2ccc(CCCC(O)NC(=O)c3ccc(-c4ccccc4)cc3)cc2C1. The summed E-state index contributed by atoms with van der Waals surface area (Å²) in [6, 6.07) is 24.9. The van der Waals surface area contributed by atoms with Crippen LogP contribution in [0.2, 0.25) is 0 Å². The van der Waals surface area contributed by atoms with E-state index in [1.807, 2.05) is 49.5 Å². The number of likely N-dealkylation sites (N-methyl/N-ethyl adjacent to an activating group) is 1. The molecule has 1 amide bonds. The van der Waals surface area contributed by atoms with Gasteiger partial charge in [0, 0.05) is 11.6 Å². The number of fused-ring (bicyclic) bond motifs is 1. The van der Waals surface area contributed by atoms with Crippen LogP contribution in [-0.2, 0) is 19.3 Å². The summed E-state index contributed by atoms with van der Waals surface area (Å²) in [6.45, 7) is 0. The summed E-state index contributed by atoms with van der Waals surface area (Å²) in [5, 5.41) is 16.4. The molecule has 1 aliphatic carbocycles. The third-order valence-electron chi connectivity index (χ3n) is 6.40. The van der Waals surface area contributed by atoms with Crippen LogP contribution in [0.5, 0.6) is 0 Å². The van der Waals surface area contributed by atoms with Crippen LogP contribution in [0.1, 0.15) is 46.3 Å². The van der Waals surface area contributed by atoms with Gasteiger partial charge in [-0.1, -0.05) is 60.7 Å². The second-order valence-corrected chi connectivity index (χ2v) is 8.66. The Kier molecular flexibility index (Phi) is 7.35. The minimum atomic E-state index is -0.845. The molecule has 3 N–H and O–H groups in total. The van der Waals surface area contributed by atoms with Gasteiger partial charge in [-0.15, -0.1) is 0 Å². The minimum Gasteiger partial charge on any atom is -0.374 e. The van der Waals surface area contributed by atoms with Crippen molar-refractivity contribution in [3.8, 4) is 11.1 Å². The molecular weight excluding hydrogens is 396 g/mol. The number of hydrogen-bond acceptors (Lipinski definition) is 3. The number of aliphatic hydroxyl groups is 1. The van der Waals surface area contributed by atoms with Gasteiger partial charge < -0.3 is 15.7 Å². The van der Waals surface area contributed by atoms with Crippen LogP contribution in [0.25, 0.3) is 11.1 Å². The maximum Gasteiger partial charge on any atom is 0.253 e. The Balaban J connectivity index is 1.25. The Morgan fingerprint density at radius 3 is 2.50 bits per heavy atom. The van der Waals surface area contributed by atoms with E-state index in [0.29, 0.717) is 18.0 Å². The highest BCUT2D eigenvalue weighted by molar-refractivity contribution is 5.94. The van der Waals surface area contributed by atoms with Gasteiger partial charge in [0.15, 0.2) is 0 Å². The summed E-state index contributed by atoms with van der Waals surface area (Å²) in [5.74, 6) is -0.246. The predicted octanol–water partition coefficient (Wildman–Crippen LogP) is 4.50. The lowest BCUT2D eigenvalue weighted by Gasteiger charge is -2.24. The molecule has 0 saturated carbocycles. The molecule has 3 aromatic rings. The summed E-state index contributed by atoms with van der Waals surface area (Å²) in [4.78, 5) is 12.5. The third kappa shape index (κ3) is 5.64. The van der Waals surface area contributed by atoms with Crippen LogP contribution in [0.3, 0.4) is 0 Å². The Morgan fingerprint density at radius 2 is 1.75 bits per heavy atom. The van der Waals surface area contributed by atoms with Crippen LogP contribution in [0.4, 0.5) is 0 Å². The molecule has 3 aromatic carbocycles. The van der Waals surface area contributed by atoms with E-state index in [0.717, 1.165) is 36.8 Å². The fraction of sp³-hybridized carbons (Fsp3) is 0.321. The molecule has 1 aliphatic rings. The largest absolute Gasteiger partial charge is 0.374 e. The average Bonchev–Trinajstić information content (AvgIpc) is 2.84. The highest BCUT2D eigenvalue weighted by atomic mass is 16.3. The monoisotopic (exact) mass is 428 g/mol. The molecular formula is C28H32N2O2. The molecule has 1 unspecified atom stereocenters. The Hall–Kier alpha value is -2.95. The van der Waals surface area contributed by atoms with E-state index in [4.69, 9.17) is 0 Å². The molecule has 4 nitrogen and oxygen atoms in total. The average molecular weight is 429 g/mol. The van der Waals surface area contributed by atoms with Gasteiger partial charge in [0.1, 0.15) is 6.23 Å². The van der Waals surface area contributed by atoms with E-state index >= 15 is 0 Å². The van der Waals surface area contributed by atoms with Crippen LogP contribution in [0.15, 0.2) is 72.8 Å². The summed E-state index contributed by atoms with van der Waals surface area (Å²) >= 11 is 0. The van der Waals surface area contributed by atoms with Crippen molar-refractivity contribution in [2.75, 3.05) is 7.05 Å². The van der Waals surface area contributed by atoms with Crippen molar-refractivity contribution < 1.29 is 9.90 Å². The van der Waals surface area contributed by atoms with Crippen molar-refractivity contribution in [1.82, 2.24) is 10.6 Å². The molecule has 4 heteroatoms. The summed E-state index contributed by atoms with van der Waals surface area (Å²) in [7, 11) is 2.03. The fourth-order valence-corrected chi connectivity index (χ4v) is 4.46. The smallest absolute Gasteiger partial charge is 0.253 e. The van der Waals surface area contributed by atoms with E-state index in [1.165, 1.54) is 23.1 Å². The Labute approximate surface area is 190 Å². The number of nitrogens with one attached hydrogen (secondary N) is 2. The zero-order chi connectivity index (χ0) is 22.3. The van der Waals surface area contributed by atoms with Gasteiger partial charge >= 0.3 is 0 Å². The second-order valence-electron chi connectivity index (χ2n) is 8.66. The van der Waals surface area contributed by atoms with Crippen LogP contribution < -0.4 is 10.6 Å². The van der Waals surface area contributed by atoms with Gasteiger partial charge in [0.05, 0.1) is 0 Å². The van der Waals surface area contributed by atoms with Crippen molar-refractivity contribution in [2.45, 2.75) is 50.8 Å². The quantitative estimate of drug-likeness (QED) is 0.463. The first-order chi connectivity index (χ1) is 15.6. The van der Waals surface area contributed by atoms with Gasteiger partial charge in [0.2, 0.25) is 0 Å². The second kappa shape index (κ2) is 10.6. The fourth-order valence-electron chi connectivity index (χ4n) is 4.46. The summed E-state index contributed by atoms with van der Waals surface area (Å²) in [5.41, 5.74) is 6.94. The molecule has 0 spiro atoms. The minimum absolute atomic E-state index is 0.246. The third-order valence-corrected chi connectivity index (χ3v) is 6.40. The van der Waals surface area contributed by atoms with E-state index in [9.17, 15) is 9.90 Å². The lowest BCUT2D eigenvalue weighted by Crippen LogP contribution is -2.34. The van der Waals surface area contributed by atoms with E-state index in [-0.39, 0.29) is 5.91 Å². The first kappa shape index (κ1) is 22.3. The molecule has 2 atom stereocenters. The normalized spacial score (nSPS) is 16.2. The molecule has 4 rings (SSSR count). The van der Waals surface area contributed by atoms with Gasteiger partial charge in [-0.3, -0.25) is 4.79 Å². The van der Waals surface area contributed by atoms with Gasteiger partial charge in [0.25, 0.3) is 5.91 Å². The van der Waals surface area contributed by atoms with Gasteiger partial charge in [-0.05, 0) is 85.5 Å². The molecule has 0 fully saturated rings. The maximum atomic E-state index is 12.5. The maximum absolute atomic E-state index is 12.5. The topological polar surface area (TPSA) is 61.4 Å². The highest BCUT2D eigenvalue weighted by Crippen LogP contribution is 2.23. The standard InChI is InChI=1S/C28H32N2O2/c1-29-26-17-16-23-11-10-20(18-25(23)19-26)6-5-9-27(31)30-28(32)24-14-12-22(13-15-24)21-7-3-2-4-8-21/h2-4,7-8,10-15,18,26-27,29,31H,5-6,9,16-17,19H2,1H3,(H,30,32)/t26-,27?/m0/s1. The zero-order valence-corrected chi connectivity index (χ0v) is 18.7. The van der Waals surface area contributed by atoms with E-state index < -0.39 is 6.23 Å². The lowest BCUT2D eigenvalue weighted by atomic mass is 9.86. The van der Waals surface area contributed by atoms with E-state index in [1.54, 1.807) is 12.1 Å². The Bertz CT molecular complexity index is 1030. The number of rotatable bonds is 8. The molecule has 0 bridgehead atoms. The van der Waals surface area contributed by atoms with Gasteiger partial charge in [-0.2, -0.15) is 0 Å². The van der Waals surface area contributed by atoms with Crippen LogP contribution >= 0.6 is 0 Å². The van der Waals surface area contributed by atoms with E-state index in [2.05, 4.69) is 28.8 Å². The first-order valence-corrected chi connectivity index (χ1v) is 11.5. The number of aliphatic hydroxyl groups excluding tert-OH is 1. The number of benzene rings is 3. The van der Waals surface area contributed by atoms with Crippen molar-refractivity contribution in [3.05, 3.63) is 95.1 Å². The molecule has 32 heavy (non-hydrogen) atoms. The number of hydrogen-bond donors (Lipinski definition) is 3. The number of aryl methyl sites for hydroxylation is 2. The highest BCUT2D eigenvalue weighted by Gasteiger charge is 2.17. The van der Waals surface area contributed by atoms with Crippen LogP contribution in [0, 0.1) is 0 Å². The molecule has 0 radical (unpaired) electrons. The number of amides is 1. The Morgan fingerprint density at radius 1 is 1.00 bits per heavy atom. The molecule has 166 valence electrons. The first-order valence-electron chi connectivity index (χ1n) is 11.5. The molecule has 0 heterocycles. The zero-order valence-electron chi connectivity index (χ0n) is 18.7. The number of carbonyl (C=O) groups is 1. The summed E-state index contributed by atoms with van der Waals surface area (Å²) in [6.07, 6.45) is 4.83. The lowest BCUT2D eigenvalue weighted by molar-refractivity contribution is 0.0760. The van der Waals surface area contributed by atoms with Crippen molar-refractivity contribution in [2.24, 2.45) is 0 Å². The van der Waals surface area contributed by atoms with Crippen molar-refractivity contribution in [1.29, 1.82) is 0 Å². The molecule has 0 aromatic heterocycles. The predicted molar refractivity (Wildman–Crippen MR) is 130 cm³/mol. The van der Waals surface area contributed by atoms with Gasteiger partial charge in [-0.25, -0.2) is 0 Å². The number of carbonyl (C=O) groups excluding carboxylic acids is 1. The van der Waals surface area contributed by atoms with Crippen molar-refractivity contribution >= 4 is 5.91 Å². The molecule has 0 aliphatic heterocycles. The van der Waals surface area contributed by atoms with Crippen molar-refractivity contribution in [3.63, 3.8) is 0 Å². The van der Waals surface area contributed by atoms with Crippen LogP contribution in [-0.4, -0.2) is 30.3 Å². The summed E-state index contributed by atoms with van der Waals surface area (Å²) < 4.78 is 0. The molecule has 0 saturated heterocycles.